The zero-order valence-corrected chi connectivity index (χ0v) is 11.8. The van der Waals surface area contributed by atoms with Crippen molar-refractivity contribution in [2.45, 2.75) is 25.9 Å². The smallest absolute Gasteiger partial charge is 0.177 e. The molecule has 1 aliphatic heterocycles. The molecule has 1 saturated heterocycles. The Morgan fingerprint density at radius 2 is 2.47 bits per heavy atom. The molecule has 5 heteroatoms. The zero-order chi connectivity index (χ0) is 13.2. The molecule has 3 heterocycles. The average molecular weight is 278 g/mol. The number of thiophene rings is 1. The quantitative estimate of drug-likeness (QED) is 0.934. The molecule has 2 aromatic heterocycles. The van der Waals surface area contributed by atoms with Crippen LogP contribution in [0.25, 0.3) is 10.6 Å². The molecule has 0 bridgehead atoms. The number of aromatic nitrogens is 1. The fourth-order valence-corrected chi connectivity index (χ4v) is 3.38. The molecule has 0 spiro atoms. The third-order valence-electron chi connectivity index (χ3n) is 3.87. The Morgan fingerprint density at radius 3 is 3.21 bits per heavy atom. The highest BCUT2D eigenvalue weighted by atomic mass is 32.1. The molecular weight excluding hydrogens is 260 g/mol. The molecule has 3 rings (SSSR count). The van der Waals surface area contributed by atoms with Crippen LogP contribution in [0.15, 0.2) is 28.1 Å². The van der Waals surface area contributed by atoms with Gasteiger partial charge >= 0.3 is 0 Å². The predicted octanol–water partition coefficient (Wildman–Crippen LogP) is 2.61. The van der Waals surface area contributed by atoms with Gasteiger partial charge in [0.2, 0.25) is 0 Å². The SMILES string of the molecule is CC1CCN(Cc2cc(-c3cccs3)on2)C1CO. The van der Waals surface area contributed by atoms with Crippen LogP contribution in [0.4, 0.5) is 0 Å². The molecule has 102 valence electrons. The maximum Gasteiger partial charge on any atom is 0.177 e. The van der Waals surface area contributed by atoms with E-state index < -0.39 is 0 Å². The third kappa shape index (κ3) is 2.59. The van der Waals surface area contributed by atoms with Crippen LogP contribution in [0.3, 0.4) is 0 Å². The van der Waals surface area contributed by atoms with Gasteiger partial charge in [-0.25, -0.2) is 0 Å². The summed E-state index contributed by atoms with van der Waals surface area (Å²) in [6.45, 7) is 4.19. The first-order valence-corrected chi connectivity index (χ1v) is 7.50. The minimum Gasteiger partial charge on any atom is -0.395 e. The van der Waals surface area contributed by atoms with Gasteiger partial charge in [0.1, 0.15) is 0 Å². The van der Waals surface area contributed by atoms with Gasteiger partial charge in [-0.3, -0.25) is 4.90 Å². The Kier molecular flexibility index (Phi) is 3.68. The highest BCUT2D eigenvalue weighted by Gasteiger charge is 2.30. The maximum absolute atomic E-state index is 9.46. The topological polar surface area (TPSA) is 49.5 Å². The van der Waals surface area contributed by atoms with Gasteiger partial charge in [-0.15, -0.1) is 11.3 Å². The zero-order valence-electron chi connectivity index (χ0n) is 11.0. The summed E-state index contributed by atoms with van der Waals surface area (Å²) in [7, 11) is 0. The molecule has 1 N–H and O–H groups in total. The number of nitrogens with zero attached hydrogens (tertiary/aromatic N) is 2. The second-order valence-electron chi connectivity index (χ2n) is 5.15. The average Bonchev–Trinajstić information content (AvgIpc) is 3.11. The molecule has 0 aliphatic carbocycles. The molecule has 19 heavy (non-hydrogen) atoms. The fourth-order valence-electron chi connectivity index (χ4n) is 2.71. The lowest BCUT2D eigenvalue weighted by molar-refractivity contribution is 0.132. The van der Waals surface area contributed by atoms with Crippen molar-refractivity contribution in [3.05, 3.63) is 29.3 Å². The van der Waals surface area contributed by atoms with Crippen molar-refractivity contribution in [2.75, 3.05) is 13.2 Å². The van der Waals surface area contributed by atoms with E-state index in [1.165, 1.54) is 0 Å². The number of rotatable bonds is 4. The van der Waals surface area contributed by atoms with E-state index in [1.54, 1.807) is 11.3 Å². The van der Waals surface area contributed by atoms with E-state index in [0.29, 0.717) is 5.92 Å². The second-order valence-corrected chi connectivity index (χ2v) is 6.09. The van der Waals surface area contributed by atoms with Crippen LogP contribution in [-0.2, 0) is 6.54 Å². The van der Waals surface area contributed by atoms with E-state index in [2.05, 4.69) is 17.0 Å². The normalized spacial score (nSPS) is 24.1. The van der Waals surface area contributed by atoms with Crippen LogP contribution in [-0.4, -0.2) is 34.4 Å². The van der Waals surface area contributed by atoms with Crippen molar-refractivity contribution < 1.29 is 9.63 Å². The summed E-state index contributed by atoms with van der Waals surface area (Å²) in [4.78, 5) is 3.40. The predicted molar refractivity (Wildman–Crippen MR) is 74.9 cm³/mol. The van der Waals surface area contributed by atoms with E-state index in [4.69, 9.17) is 4.52 Å². The second kappa shape index (κ2) is 5.45. The molecular formula is C14H18N2O2S. The molecule has 1 aliphatic rings. The minimum absolute atomic E-state index is 0.219. The highest BCUT2D eigenvalue weighted by molar-refractivity contribution is 7.13. The lowest BCUT2D eigenvalue weighted by Gasteiger charge is -2.23. The van der Waals surface area contributed by atoms with E-state index in [-0.39, 0.29) is 12.6 Å². The number of likely N-dealkylation sites (tertiary alicyclic amines) is 1. The van der Waals surface area contributed by atoms with Crippen LogP contribution >= 0.6 is 11.3 Å². The van der Waals surface area contributed by atoms with Crippen LogP contribution in [0.2, 0.25) is 0 Å². The van der Waals surface area contributed by atoms with Gasteiger partial charge in [-0.05, 0) is 30.3 Å². The van der Waals surface area contributed by atoms with Gasteiger partial charge in [-0.2, -0.15) is 0 Å². The van der Waals surface area contributed by atoms with Gasteiger partial charge in [0.15, 0.2) is 5.76 Å². The van der Waals surface area contributed by atoms with E-state index >= 15 is 0 Å². The number of aliphatic hydroxyl groups is 1. The first-order chi connectivity index (χ1) is 9.28. The Labute approximate surface area is 116 Å². The molecule has 2 aromatic rings. The summed E-state index contributed by atoms with van der Waals surface area (Å²) in [6.07, 6.45) is 1.14. The lowest BCUT2D eigenvalue weighted by atomic mass is 10.0. The summed E-state index contributed by atoms with van der Waals surface area (Å²) in [5.41, 5.74) is 0.941. The maximum atomic E-state index is 9.46. The Balaban J connectivity index is 1.71. The van der Waals surface area contributed by atoms with Gasteiger partial charge in [0.05, 0.1) is 17.2 Å². The molecule has 0 aromatic carbocycles. The number of aliphatic hydroxyl groups excluding tert-OH is 1. The standard InChI is InChI=1S/C14H18N2O2S/c1-10-4-5-16(12(10)9-17)8-11-7-13(18-15-11)14-3-2-6-19-14/h2-3,6-7,10,12,17H,4-5,8-9H2,1H3. The summed E-state index contributed by atoms with van der Waals surface area (Å²) >= 11 is 1.65. The lowest BCUT2D eigenvalue weighted by Crippen LogP contribution is -2.34. The van der Waals surface area contributed by atoms with E-state index in [9.17, 15) is 5.11 Å². The van der Waals surface area contributed by atoms with Crippen LogP contribution in [0, 0.1) is 5.92 Å². The molecule has 2 unspecified atom stereocenters. The number of hydrogen-bond donors (Lipinski definition) is 1. The third-order valence-corrected chi connectivity index (χ3v) is 4.76. The summed E-state index contributed by atoms with van der Waals surface area (Å²) < 4.78 is 5.39. The largest absolute Gasteiger partial charge is 0.395 e. The van der Waals surface area contributed by atoms with Crippen molar-refractivity contribution in [3.8, 4) is 10.6 Å². The minimum atomic E-state index is 0.219. The van der Waals surface area contributed by atoms with Crippen molar-refractivity contribution in [1.29, 1.82) is 0 Å². The summed E-state index contributed by atoms with van der Waals surface area (Å²) in [5, 5.41) is 15.6. The molecule has 1 fully saturated rings. The number of hydrogen-bond acceptors (Lipinski definition) is 5. The Bertz CT molecular complexity index is 523. The first kappa shape index (κ1) is 12.8. The van der Waals surface area contributed by atoms with Gasteiger partial charge in [0.25, 0.3) is 0 Å². The molecule has 0 saturated carbocycles. The molecule has 4 nitrogen and oxygen atoms in total. The Morgan fingerprint density at radius 1 is 1.58 bits per heavy atom. The van der Waals surface area contributed by atoms with Gasteiger partial charge < -0.3 is 9.63 Å². The van der Waals surface area contributed by atoms with E-state index in [0.717, 1.165) is 35.8 Å². The Hall–Kier alpha value is -1.17. The van der Waals surface area contributed by atoms with Crippen LogP contribution < -0.4 is 0 Å². The molecule has 0 amide bonds. The monoisotopic (exact) mass is 278 g/mol. The van der Waals surface area contributed by atoms with Gasteiger partial charge in [-0.1, -0.05) is 18.1 Å². The van der Waals surface area contributed by atoms with Crippen LogP contribution in [0.5, 0.6) is 0 Å². The van der Waals surface area contributed by atoms with Crippen molar-refractivity contribution in [3.63, 3.8) is 0 Å². The highest BCUT2D eigenvalue weighted by Crippen LogP contribution is 2.28. The first-order valence-electron chi connectivity index (χ1n) is 6.62. The van der Waals surface area contributed by atoms with Crippen molar-refractivity contribution in [1.82, 2.24) is 10.1 Å². The summed E-state index contributed by atoms with van der Waals surface area (Å²) in [5.74, 6) is 1.38. The van der Waals surface area contributed by atoms with Crippen LogP contribution in [0.1, 0.15) is 19.0 Å². The van der Waals surface area contributed by atoms with Gasteiger partial charge in [0, 0.05) is 18.7 Å². The van der Waals surface area contributed by atoms with Crippen molar-refractivity contribution in [2.24, 2.45) is 5.92 Å². The van der Waals surface area contributed by atoms with Crippen molar-refractivity contribution >= 4 is 11.3 Å². The molecule has 2 atom stereocenters. The fraction of sp³-hybridized carbons (Fsp3) is 0.500. The summed E-state index contributed by atoms with van der Waals surface area (Å²) in [6, 6.07) is 6.29. The molecule has 0 radical (unpaired) electrons. The van der Waals surface area contributed by atoms with E-state index in [1.807, 2.05) is 23.6 Å².